The highest BCUT2D eigenvalue weighted by atomic mass is 32.3. The molecule has 0 aliphatic carbocycles. The minimum atomic E-state index is -3.60. The van der Waals surface area contributed by atoms with Crippen molar-refractivity contribution >= 4 is 37.6 Å². The lowest BCUT2D eigenvalue weighted by Gasteiger charge is -2.09. The van der Waals surface area contributed by atoms with Gasteiger partial charge >= 0.3 is 0 Å². The molecule has 0 unspecified atom stereocenters. The molecule has 0 aromatic heterocycles. The van der Waals surface area contributed by atoms with Crippen LogP contribution in [0.3, 0.4) is 0 Å². The number of nitrogens with zero attached hydrogens (tertiary/aromatic N) is 1. The molecule has 108 valence electrons. The van der Waals surface area contributed by atoms with Crippen LogP contribution in [0.15, 0.2) is 23.2 Å². The largest absolute Gasteiger partial charge is 0.325 e. The van der Waals surface area contributed by atoms with Crippen molar-refractivity contribution in [1.82, 2.24) is 0 Å². The molecule has 7 heteroatoms. The first-order chi connectivity index (χ1) is 9.38. The first-order valence-corrected chi connectivity index (χ1v) is 8.79. The van der Waals surface area contributed by atoms with E-state index in [1.165, 1.54) is 11.8 Å². The molecule has 0 fully saturated rings. The number of carbonyl (C=O) groups is 1. The fourth-order valence-electron chi connectivity index (χ4n) is 1.79. The fraction of sp³-hybridized carbons (Fsp3) is 0.385. The predicted octanol–water partition coefficient (Wildman–Crippen LogP) is 1.76. The van der Waals surface area contributed by atoms with Gasteiger partial charge in [0.1, 0.15) is 5.75 Å². The number of amides is 1. The number of thioether (sulfide) groups is 1. The molecule has 1 aromatic carbocycles. The lowest BCUT2D eigenvalue weighted by atomic mass is 10.1. The van der Waals surface area contributed by atoms with E-state index < -0.39 is 21.5 Å². The normalized spacial score (nSPS) is 15.0. The minimum absolute atomic E-state index is 0.0774. The van der Waals surface area contributed by atoms with Gasteiger partial charge in [0.05, 0.1) is 6.54 Å². The van der Waals surface area contributed by atoms with Crippen molar-refractivity contribution in [1.29, 1.82) is 0 Å². The maximum absolute atomic E-state index is 12.0. The number of benzene rings is 1. The second kappa shape index (κ2) is 5.97. The summed E-state index contributed by atoms with van der Waals surface area (Å²) in [4.78, 5) is 15.8. The van der Waals surface area contributed by atoms with Crippen LogP contribution in [0.1, 0.15) is 11.1 Å². The smallest absolute Gasteiger partial charge is 0.240 e. The van der Waals surface area contributed by atoms with E-state index in [2.05, 4.69) is 10.3 Å². The van der Waals surface area contributed by atoms with Gasteiger partial charge in [0, 0.05) is 11.4 Å². The van der Waals surface area contributed by atoms with Crippen molar-refractivity contribution < 1.29 is 13.2 Å². The minimum Gasteiger partial charge on any atom is -0.325 e. The molecule has 5 nitrogen and oxygen atoms in total. The summed E-state index contributed by atoms with van der Waals surface area (Å²) in [6.45, 7) is 4.27. The number of sulfone groups is 1. The fourth-order valence-corrected chi connectivity index (χ4v) is 4.31. The van der Waals surface area contributed by atoms with Crippen LogP contribution in [0.2, 0.25) is 0 Å². The molecule has 0 bridgehead atoms. The Bertz CT molecular complexity index is 666. The maximum Gasteiger partial charge on any atom is 0.240 e. The standard InChI is InChI=1S/C13H16N2O3S2/c1-9-3-4-10(2)11(7-9)15-12(16)8-20(17,18)13-14-5-6-19-13/h3-4,7H,5-6,8H2,1-2H3,(H,15,16). The summed E-state index contributed by atoms with van der Waals surface area (Å²) in [7, 11) is -3.60. The second-order valence-corrected chi connectivity index (χ2v) is 7.87. The predicted molar refractivity (Wildman–Crippen MR) is 83.1 cm³/mol. The molecule has 2 rings (SSSR count). The third kappa shape index (κ3) is 3.61. The number of aliphatic imine (C=N–C) groups is 1. The van der Waals surface area contributed by atoms with Crippen molar-refractivity contribution in [2.75, 3.05) is 23.4 Å². The molecule has 0 spiro atoms. The van der Waals surface area contributed by atoms with Crippen LogP contribution in [0.25, 0.3) is 0 Å². The van der Waals surface area contributed by atoms with Crippen LogP contribution in [0, 0.1) is 13.8 Å². The summed E-state index contributed by atoms with van der Waals surface area (Å²) in [5, 5.41) is 2.65. The topological polar surface area (TPSA) is 75.6 Å². The molecular formula is C13H16N2O3S2. The average molecular weight is 312 g/mol. The van der Waals surface area contributed by atoms with Crippen LogP contribution in [-0.4, -0.2) is 36.8 Å². The Kier molecular flexibility index (Phi) is 4.49. The molecule has 0 saturated carbocycles. The molecular weight excluding hydrogens is 296 g/mol. The quantitative estimate of drug-likeness (QED) is 0.923. The molecule has 1 aliphatic heterocycles. The van der Waals surface area contributed by atoms with Crippen molar-refractivity contribution in [3.63, 3.8) is 0 Å². The molecule has 1 aromatic rings. The number of nitrogens with one attached hydrogen (secondary N) is 1. The van der Waals surface area contributed by atoms with Gasteiger partial charge in [-0.25, -0.2) is 8.42 Å². The van der Waals surface area contributed by atoms with E-state index >= 15 is 0 Å². The zero-order valence-corrected chi connectivity index (χ0v) is 13.0. The Morgan fingerprint density at radius 3 is 2.80 bits per heavy atom. The van der Waals surface area contributed by atoms with Gasteiger partial charge in [0.2, 0.25) is 15.7 Å². The van der Waals surface area contributed by atoms with Crippen molar-refractivity contribution in [2.45, 2.75) is 13.8 Å². The first kappa shape index (κ1) is 15.1. The van der Waals surface area contributed by atoms with Gasteiger partial charge in [-0.1, -0.05) is 23.9 Å². The van der Waals surface area contributed by atoms with Gasteiger partial charge in [0.25, 0.3) is 0 Å². The first-order valence-electron chi connectivity index (χ1n) is 6.15. The van der Waals surface area contributed by atoms with Crippen LogP contribution in [0.4, 0.5) is 5.69 Å². The Balaban J connectivity index is 2.07. The lowest BCUT2D eigenvalue weighted by Crippen LogP contribution is -2.26. The molecule has 0 radical (unpaired) electrons. The van der Waals surface area contributed by atoms with E-state index in [9.17, 15) is 13.2 Å². The Hall–Kier alpha value is -1.34. The number of hydrogen-bond acceptors (Lipinski definition) is 5. The average Bonchev–Trinajstić information content (AvgIpc) is 2.87. The number of aryl methyl sites for hydroxylation is 2. The van der Waals surface area contributed by atoms with Gasteiger partial charge in [-0.3, -0.25) is 9.79 Å². The van der Waals surface area contributed by atoms with E-state index in [1.54, 1.807) is 0 Å². The third-order valence-corrected chi connectivity index (χ3v) is 5.99. The van der Waals surface area contributed by atoms with Gasteiger partial charge in [-0.05, 0) is 31.0 Å². The Labute approximate surface area is 122 Å². The van der Waals surface area contributed by atoms with Crippen molar-refractivity contribution in [3.05, 3.63) is 29.3 Å². The molecule has 1 heterocycles. The summed E-state index contributed by atoms with van der Waals surface area (Å²) in [5.74, 6) is -0.437. The van der Waals surface area contributed by atoms with E-state index in [4.69, 9.17) is 0 Å². The Morgan fingerprint density at radius 2 is 2.15 bits per heavy atom. The second-order valence-electron chi connectivity index (χ2n) is 4.62. The Morgan fingerprint density at radius 1 is 1.40 bits per heavy atom. The van der Waals surface area contributed by atoms with Gasteiger partial charge in [0.15, 0.2) is 4.38 Å². The van der Waals surface area contributed by atoms with Gasteiger partial charge < -0.3 is 5.32 Å². The molecule has 0 saturated heterocycles. The van der Waals surface area contributed by atoms with Crippen molar-refractivity contribution in [3.8, 4) is 0 Å². The van der Waals surface area contributed by atoms with Crippen LogP contribution in [-0.2, 0) is 14.6 Å². The van der Waals surface area contributed by atoms with E-state index in [1.807, 2.05) is 32.0 Å². The number of hydrogen-bond donors (Lipinski definition) is 1. The van der Waals surface area contributed by atoms with Crippen LogP contribution >= 0.6 is 11.8 Å². The highest BCUT2D eigenvalue weighted by Crippen LogP contribution is 2.19. The molecule has 0 atom stereocenters. The summed E-state index contributed by atoms with van der Waals surface area (Å²) < 4.78 is 24.0. The zero-order valence-electron chi connectivity index (χ0n) is 11.3. The van der Waals surface area contributed by atoms with Gasteiger partial charge in [-0.15, -0.1) is 0 Å². The van der Waals surface area contributed by atoms with E-state index in [-0.39, 0.29) is 4.38 Å². The monoisotopic (exact) mass is 312 g/mol. The summed E-state index contributed by atoms with van der Waals surface area (Å²) >= 11 is 1.19. The lowest BCUT2D eigenvalue weighted by molar-refractivity contribution is -0.113. The highest BCUT2D eigenvalue weighted by molar-refractivity contribution is 8.35. The number of carbonyl (C=O) groups excluding carboxylic acids is 1. The van der Waals surface area contributed by atoms with Gasteiger partial charge in [-0.2, -0.15) is 0 Å². The highest BCUT2D eigenvalue weighted by Gasteiger charge is 2.26. The SMILES string of the molecule is Cc1ccc(C)c(NC(=O)CS(=O)(=O)C2=NCCS2)c1. The molecule has 1 amide bonds. The van der Waals surface area contributed by atoms with Crippen LogP contribution < -0.4 is 5.32 Å². The molecule has 20 heavy (non-hydrogen) atoms. The van der Waals surface area contributed by atoms with E-state index in [0.29, 0.717) is 18.0 Å². The number of anilines is 1. The summed E-state index contributed by atoms with van der Waals surface area (Å²) in [6.07, 6.45) is 0. The van der Waals surface area contributed by atoms with Crippen molar-refractivity contribution in [2.24, 2.45) is 4.99 Å². The molecule has 1 aliphatic rings. The van der Waals surface area contributed by atoms with Crippen LogP contribution in [0.5, 0.6) is 0 Å². The maximum atomic E-state index is 12.0. The summed E-state index contributed by atoms with van der Waals surface area (Å²) in [5.41, 5.74) is 2.55. The third-order valence-electron chi connectivity index (χ3n) is 2.81. The number of rotatable bonds is 3. The molecule has 1 N–H and O–H groups in total. The zero-order chi connectivity index (χ0) is 14.8. The van der Waals surface area contributed by atoms with E-state index in [0.717, 1.165) is 11.1 Å². The summed E-state index contributed by atoms with van der Waals surface area (Å²) in [6, 6.07) is 5.64.